The summed E-state index contributed by atoms with van der Waals surface area (Å²) in [6.07, 6.45) is -0.522. The highest BCUT2D eigenvalue weighted by Gasteiger charge is 2.17. The zero-order valence-electron chi connectivity index (χ0n) is 10.0. The summed E-state index contributed by atoms with van der Waals surface area (Å²) in [6.45, 7) is 5.40. The first-order chi connectivity index (χ1) is 7.81. The van der Waals surface area contributed by atoms with Gasteiger partial charge in [0.15, 0.2) is 0 Å². The number of rotatable bonds is 2. The lowest BCUT2D eigenvalue weighted by Gasteiger charge is -2.20. The summed E-state index contributed by atoms with van der Waals surface area (Å²) in [5.41, 5.74) is 0.827. The van der Waals surface area contributed by atoms with E-state index in [4.69, 9.17) is 27.9 Å². The molecule has 17 heavy (non-hydrogen) atoms. The molecule has 0 saturated carbocycles. The summed E-state index contributed by atoms with van der Waals surface area (Å²) in [5.74, 6) is 0.294. The number of anilines is 1. The maximum absolute atomic E-state index is 11.6. The Balaban J connectivity index is 2.80. The Kier molecular flexibility index (Phi) is 4.66. The number of hydrogen-bond acceptors (Lipinski definition) is 2. The van der Waals surface area contributed by atoms with Gasteiger partial charge in [0.05, 0.1) is 0 Å². The minimum absolute atomic E-state index is 0.294. The molecule has 0 fully saturated rings. The summed E-state index contributed by atoms with van der Waals surface area (Å²) in [7, 11) is 0. The van der Waals surface area contributed by atoms with Gasteiger partial charge in [-0.1, -0.05) is 17.7 Å². The Bertz CT molecular complexity index is 413. The molecule has 0 atom stereocenters. The van der Waals surface area contributed by atoms with Gasteiger partial charge < -0.3 is 4.74 Å². The van der Waals surface area contributed by atoms with Gasteiger partial charge in [-0.25, -0.2) is 4.79 Å². The number of carbonyl (C=O) groups excluding carboxylic acids is 1. The second-order valence-electron chi connectivity index (χ2n) is 4.56. The minimum Gasteiger partial charge on any atom is -0.444 e. The maximum Gasteiger partial charge on any atom is 0.412 e. The van der Waals surface area contributed by atoms with E-state index < -0.39 is 11.7 Å². The third-order valence-corrected chi connectivity index (χ3v) is 2.37. The van der Waals surface area contributed by atoms with Gasteiger partial charge in [-0.15, -0.1) is 11.6 Å². The van der Waals surface area contributed by atoms with Gasteiger partial charge in [0.2, 0.25) is 0 Å². The Morgan fingerprint density at radius 1 is 1.41 bits per heavy atom. The number of carbonyl (C=O) groups is 1. The SMILES string of the molecule is CC(C)(C)OC(=O)Nc1cc(Cl)ccc1CCl. The molecule has 5 heteroatoms. The predicted molar refractivity (Wildman–Crippen MR) is 70.9 cm³/mol. The van der Waals surface area contributed by atoms with E-state index in [1.807, 2.05) is 0 Å². The molecule has 0 aromatic heterocycles. The molecule has 1 aromatic rings. The van der Waals surface area contributed by atoms with Gasteiger partial charge in [-0.2, -0.15) is 0 Å². The number of alkyl halides is 1. The van der Waals surface area contributed by atoms with E-state index in [1.165, 1.54) is 0 Å². The molecule has 0 radical (unpaired) electrons. The van der Waals surface area contributed by atoms with Crippen molar-refractivity contribution < 1.29 is 9.53 Å². The first kappa shape index (κ1) is 14.1. The van der Waals surface area contributed by atoms with Crippen LogP contribution in [0, 0.1) is 0 Å². The van der Waals surface area contributed by atoms with E-state index in [9.17, 15) is 4.79 Å². The number of ether oxygens (including phenoxy) is 1. The minimum atomic E-state index is -0.538. The Hall–Kier alpha value is -0.930. The molecule has 0 aliphatic carbocycles. The molecule has 94 valence electrons. The fourth-order valence-corrected chi connectivity index (χ4v) is 1.60. The average molecular weight is 276 g/mol. The molecule has 0 spiro atoms. The van der Waals surface area contributed by atoms with Crippen LogP contribution in [0.25, 0.3) is 0 Å². The van der Waals surface area contributed by atoms with E-state index in [-0.39, 0.29) is 0 Å². The van der Waals surface area contributed by atoms with Crippen LogP contribution in [0.2, 0.25) is 5.02 Å². The Morgan fingerprint density at radius 3 is 2.59 bits per heavy atom. The van der Waals surface area contributed by atoms with Crippen LogP contribution in [0.3, 0.4) is 0 Å². The summed E-state index contributed by atoms with van der Waals surface area (Å²) in [4.78, 5) is 11.6. The van der Waals surface area contributed by atoms with Crippen molar-refractivity contribution in [3.8, 4) is 0 Å². The quantitative estimate of drug-likeness (QED) is 0.812. The van der Waals surface area contributed by atoms with E-state index in [0.29, 0.717) is 16.6 Å². The van der Waals surface area contributed by atoms with Gasteiger partial charge >= 0.3 is 6.09 Å². The number of nitrogens with one attached hydrogen (secondary N) is 1. The van der Waals surface area contributed by atoms with Crippen LogP contribution in [0.1, 0.15) is 26.3 Å². The van der Waals surface area contributed by atoms with Crippen LogP contribution in [0.15, 0.2) is 18.2 Å². The fourth-order valence-electron chi connectivity index (χ4n) is 1.20. The zero-order chi connectivity index (χ0) is 13.1. The smallest absolute Gasteiger partial charge is 0.412 e. The number of hydrogen-bond donors (Lipinski definition) is 1. The third kappa shape index (κ3) is 4.84. The number of amides is 1. The van der Waals surface area contributed by atoms with Crippen LogP contribution in [0.4, 0.5) is 10.5 Å². The zero-order valence-corrected chi connectivity index (χ0v) is 11.5. The topological polar surface area (TPSA) is 38.3 Å². The van der Waals surface area contributed by atoms with Crippen molar-refractivity contribution in [1.29, 1.82) is 0 Å². The second-order valence-corrected chi connectivity index (χ2v) is 5.27. The molecule has 1 aromatic carbocycles. The molecule has 0 aliphatic heterocycles. The first-order valence-corrected chi connectivity index (χ1v) is 6.07. The fraction of sp³-hybridized carbons (Fsp3) is 0.417. The standard InChI is InChI=1S/C12H15Cl2NO2/c1-12(2,3)17-11(16)15-10-6-9(14)5-4-8(10)7-13/h4-6H,7H2,1-3H3,(H,15,16). The molecule has 0 saturated heterocycles. The number of halogens is 2. The molecule has 0 heterocycles. The molecular weight excluding hydrogens is 261 g/mol. The third-order valence-electron chi connectivity index (χ3n) is 1.85. The van der Waals surface area contributed by atoms with Gasteiger partial charge in [-0.3, -0.25) is 5.32 Å². The van der Waals surface area contributed by atoms with E-state index in [2.05, 4.69) is 5.32 Å². The Labute approximate surface area is 111 Å². The summed E-state index contributed by atoms with van der Waals surface area (Å²) in [5, 5.41) is 3.16. The second kappa shape index (κ2) is 5.61. The van der Waals surface area contributed by atoms with Crippen LogP contribution < -0.4 is 5.32 Å². The largest absolute Gasteiger partial charge is 0.444 e. The molecule has 0 aliphatic rings. The van der Waals surface area contributed by atoms with Crippen LogP contribution in [-0.2, 0) is 10.6 Å². The van der Waals surface area contributed by atoms with Crippen LogP contribution >= 0.6 is 23.2 Å². The van der Waals surface area contributed by atoms with Crippen molar-refractivity contribution in [2.75, 3.05) is 5.32 Å². The van der Waals surface area contributed by atoms with Crippen molar-refractivity contribution >= 4 is 35.0 Å². The highest BCUT2D eigenvalue weighted by molar-refractivity contribution is 6.31. The highest BCUT2D eigenvalue weighted by atomic mass is 35.5. The lowest BCUT2D eigenvalue weighted by Crippen LogP contribution is -2.27. The number of benzene rings is 1. The molecule has 0 bridgehead atoms. The molecule has 3 nitrogen and oxygen atoms in total. The summed E-state index contributed by atoms with van der Waals surface area (Å²) in [6, 6.07) is 5.13. The van der Waals surface area contributed by atoms with Crippen molar-refractivity contribution in [2.45, 2.75) is 32.3 Å². The molecule has 1 N–H and O–H groups in total. The summed E-state index contributed by atoms with van der Waals surface area (Å²) >= 11 is 11.6. The van der Waals surface area contributed by atoms with Crippen LogP contribution in [-0.4, -0.2) is 11.7 Å². The first-order valence-electron chi connectivity index (χ1n) is 5.16. The molecule has 1 rings (SSSR count). The van der Waals surface area contributed by atoms with Crippen molar-refractivity contribution in [1.82, 2.24) is 0 Å². The van der Waals surface area contributed by atoms with Crippen molar-refractivity contribution in [3.05, 3.63) is 28.8 Å². The van der Waals surface area contributed by atoms with Gasteiger partial charge in [0, 0.05) is 16.6 Å². The van der Waals surface area contributed by atoms with Crippen molar-refractivity contribution in [3.63, 3.8) is 0 Å². The van der Waals surface area contributed by atoms with E-state index in [1.54, 1.807) is 39.0 Å². The van der Waals surface area contributed by atoms with Gasteiger partial charge in [-0.05, 0) is 38.5 Å². The van der Waals surface area contributed by atoms with Crippen LogP contribution in [0.5, 0.6) is 0 Å². The Morgan fingerprint density at radius 2 is 2.06 bits per heavy atom. The normalized spacial score (nSPS) is 11.1. The highest BCUT2D eigenvalue weighted by Crippen LogP contribution is 2.23. The van der Waals surface area contributed by atoms with Gasteiger partial charge in [0.25, 0.3) is 0 Å². The van der Waals surface area contributed by atoms with Crippen molar-refractivity contribution in [2.24, 2.45) is 0 Å². The molecular formula is C12H15Cl2NO2. The molecule has 1 amide bonds. The maximum atomic E-state index is 11.6. The van der Waals surface area contributed by atoms with E-state index in [0.717, 1.165) is 5.56 Å². The lowest BCUT2D eigenvalue weighted by molar-refractivity contribution is 0.0636. The average Bonchev–Trinajstić information content (AvgIpc) is 2.14. The van der Waals surface area contributed by atoms with Gasteiger partial charge in [0.1, 0.15) is 5.60 Å². The van der Waals surface area contributed by atoms with E-state index >= 15 is 0 Å². The lowest BCUT2D eigenvalue weighted by atomic mass is 10.2. The molecule has 0 unspecified atom stereocenters. The predicted octanol–water partition coefficient (Wildman–Crippen LogP) is 4.43. The monoisotopic (exact) mass is 275 g/mol. The summed E-state index contributed by atoms with van der Waals surface area (Å²) < 4.78 is 5.14.